The maximum atomic E-state index is 13.3. The van der Waals surface area contributed by atoms with Gasteiger partial charge in [-0.25, -0.2) is 8.42 Å². The standard InChI is InChI=1S/C26H30N4O5S/c1-19(31)27-20-9-8-10-21(15-20)28-25(32)18-36(34,35)24-16-30(23-12-5-4-11-22(23)24)17-26(33)29-13-6-2-3-7-14-29/h4-5,8-12,15-16H,2-3,6-7,13-14,17-18H2,1H3,(H,27,31)(H,28,32). The number of anilines is 2. The number of nitrogens with zero attached hydrogens (tertiary/aromatic N) is 2. The molecular formula is C26H30N4O5S. The predicted molar refractivity (Wildman–Crippen MR) is 138 cm³/mol. The summed E-state index contributed by atoms with van der Waals surface area (Å²) in [4.78, 5) is 38.7. The molecule has 3 aromatic rings. The summed E-state index contributed by atoms with van der Waals surface area (Å²) in [6.07, 6.45) is 5.62. The van der Waals surface area contributed by atoms with E-state index in [-0.39, 0.29) is 23.3 Å². The molecule has 36 heavy (non-hydrogen) atoms. The average molecular weight is 511 g/mol. The third kappa shape index (κ3) is 6.12. The number of hydrogen-bond donors (Lipinski definition) is 2. The number of carbonyl (C=O) groups excluding carboxylic acids is 3. The molecule has 3 amide bonds. The van der Waals surface area contributed by atoms with E-state index in [1.54, 1.807) is 53.1 Å². The smallest absolute Gasteiger partial charge is 0.242 e. The first kappa shape index (κ1) is 25.4. The monoisotopic (exact) mass is 510 g/mol. The van der Waals surface area contributed by atoms with E-state index in [9.17, 15) is 22.8 Å². The summed E-state index contributed by atoms with van der Waals surface area (Å²) < 4.78 is 28.2. The van der Waals surface area contributed by atoms with Crippen LogP contribution in [0, 0.1) is 0 Å². The number of carbonyl (C=O) groups is 3. The molecule has 1 aromatic heterocycles. The highest BCUT2D eigenvalue weighted by atomic mass is 32.2. The fourth-order valence-corrected chi connectivity index (χ4v) is 5.85. The van der Waals surface area contributed by atoms with Crippen molar-refractivity contribution in [2.45, 2.75) is 44.0 Å². The van der Waals surface area contributed by atoms with Gasteiger partial charge in [-0.2, -0.15) is 0 Å². The quantitative estimate of drug-likeness (QED) is 0.505. The highest BCUT2D eigenvalue weighted by Gasteiger charge is 2.26. The van der Waals surface area contributed by atoms with E-state index in [1.165, 1.54) is 13.1 Å². The van der Waals surface area contributed by atoms with Gasteiger partial charge in [0.05, 0.1) is 4.90 Å². The van der Waals surface area contributed by atoms with E-state index in [0.717, 1.165) is 25.7 Å². The van der Waals surface area contributed by atoms with E-state index >= 15 is 0 Å². The minimum absolute atomic E-state index is 0.0175. The number of para-hydroxylation sites is 1. The number of benzene rings is 2. The number of amides is 3. The van der Waals surface area contributed by atoms with E-state index in [4.69, 9.17) is 0 Å². The fraction of sp³-hybridized carbons (Fsp3) is 0.346. The average Bonchev–Trinajstić information content (AvgIpc) is 2.99. The lowest BCUT2D eigenvalue weighted by Gasteiger charge is -2.20. The number of likely N-dealkylation sites (tertiary alicyclic amines) is 1. The number of fused-ring (bicyclic) bond motifs is 1. The summed E-state index contributed by atoms with van der Waals surface area (Å²) in [6.45, 7) is 2.84. The molecule has 9 nitrogen and oxygen atoms in total. The first-order valence-electron chi connectivity index (χ1n) is 12.0. The van der Waals surface area contributed by atoms with Gasteiger partial charge in [-0.05, 0) is 37.1 Å². The Morgan fingerprint density at radius 2 is 1.56 bits per heavy atom. The normalized spacial score (nSPS) is 14.3. The largest absolute Gasteiger partial charge is 0.341 e. The molecule has 2 heterocycles. The second-order valence-corrected chi connectivity index (χ2v) is 11.0. The van der Waals surface area contributed by atoms with Gasteiger partial charge in [-0.1, -0.05) is 37.1 Å². The highest BCUT2D eigenvalue weighted by Crippen LogP contribution is 2.27. The van der Waals surface area contributed by atoms with Crippen molar-refractivity contribution >= 4 is 49.8 Å². The predicted octanol–water partition coefficient (Wildman–Crippen LogP) is 3.41. The molecule has 0 unspecified atom stereocenters. The molecule has 1 aliphatic rings. The van der Waals surface area contributed by atoms with Crippen molar-refractivity contribution in [2.75, 3.05) is 29.5 Å². The van der Waals surface area contributed by atoms with Crippen molar-refractivity contribution in [3.05, 3.63) is 54.7 Å². The Morgan fingerprint density at radius 3 is 2.25 bits per heavy atom. The van der Waals surface area contributed by atoms with Crippen LogP contribution in [0.3, 0.4) is 0 Å². The molecule has 0 radical (unpaired) electrons. The van der Waals surface area contributed by atoms with Gasteiger partial charge in [-0.15, -0.1) is 0 Å². The third-order valence-corrected chi connectivity index (χ3v) is 7.78. The lowest BCUT2D eigenvalue weighted by Crippen LogP contribution is -2.34. The lowest BCUT2D eigenvalue weighted by molar-refractivity contribution is -0.131. The number of sulfone groups is 1. The summed E-state index contributed by atoms with van der Waals surface area (Å²) in [7, 11) is -4.01. The molecule has 0 saturated carbocycles. The van der Waals surface area contributed by atoms with E-state index < -0.39 is 21.5 Å². The molecule has 2 aromatic carbocycles. The number of nitrogens with one attached hydrogen (secondary N) is 2. The molecule has 10 heteroatoms. The first-order chi connectivity index (χ1) is 17.2. The summed E-state index contributed by atoms with van der Waals surface area (Å²) in [5.74, 6) is -1.76. The summed E-state index contributed by atoms with van der Waals surface area (Å²) in [6, 6.07) is 13.4. The minimum atomic E-state index is -4.01. The molecule has 4 rings (SSSR count). The van der Waals surface area contributed by atoms with Crippen LogP contribution < -0.4 is 10.6 Å². The van der Waals surface area contributed by atoms with Gasteiger partial charge >= 0.3 is 0 Å². The maximum Gasteiger partial charge on any atom is 0.242 e. The van der Waals surface area contributed by atoms with Crippen molar-refractivity contribution in [3.8, 4) is 0 Å². The first-order valence-corrected chi connectivity index (χ1v) is 13.6. The van der Waals surface area contributed by atoms with Gasteiger partial charge in [-0.3, -0.25) is 14.4 Å². The molecule has 2 N–H and O–H groups in total. The molecule has 1 aliphatic heterocycles. The second kappa shape index (κ2) is 10.9. The van der Waals surface area contributed by atoms with Crippen LogP contribution in [0.1, 0.15) is 32.6 Å². The van der Waals surface area contributed by atoms with Crippen molar-refractivity contribution in [1.82, 2.24) is 9.47 Å². The van der Waals surface area contributed by atoms with E-state index in [0.29, 0.717) is 35.4 Å². The van der Waals surface area contributed by atoms with Gasteiger partial charge < -0.3 is 20.1 Å². The number of hydrogen-bond acceptors (Lipinski definition) is 5. The Balaban J connectivity index is 1.53. The Hall–Kier alpha value is -3.66. The summed E-state index contributed by atoms with van der Waals surface area (Å²) >= 11 is 0. The van der Waals surface area contributed by atoms with Crippen molar-refractivity contribution in [2.24, 2.45) is 0 Å². The Morgan fingerprint density at radius 1 is 0.889 bits per heavy atom. The van der Waals surface area contributed by atoms with Gasteiger partial charge in [0.1, 0.15) is 12.3 Å². The molecule has 1 saturated heterocycles. The topological polar surface area (TPSA) is 118 Å². The van der Waals surface area contributed by atoms with Crippen LogP contribution in [0.2, 0.25) is 0 Å². The van der Waals surface area contributed by atoms with E-state index in [2.05, 4.69) is 10.6 Å². The maximum absolute atomic E-state index is 13.3. The van der Waals surface area contributed by atoms with Crippen LogP contribution in [-0.4, -0.2) is 54.4 Å². The van der Waals surface area contributed by atoms with Gasteiger partial charge in [0.2, 0.25) is 17.7 Å². The zero-order chi connectivity index (χ0) is 25.7. The molecule has 0 aliphatic carbocycles. The molecular weight excluding hydrogens is 480 g/mol. The third-order valence-electron chi connectivity index (χ3n) is 6.14. The van der Waals surface area contributed by atoms with Crippen molar-refractivity contribution < 1.29 is 22.8 Å². The molecule has 190 valence electrons. The summed E-state index contributed by atoms with van der Waals surface area (Å²) in [5, 5.41) is 5.67. The fourth-order valence-electron chi connectivity index (χ4n) is 4.48. The second-order valence-electron chi connectivity index (χ2n) is 9.00. The molecule has 0 bridgehead atoms. The van der Waals surface area contributed by atoms with Crippen LogP contribution >= 0.6 is 0 Å². The summed E-state index contributed by atoms with van der Waals surface area (Å²) in [5.41, 5.74) is 1.48. The van der Waals surface area contributed by atoms with Crippen LogP contribution in [-0.2, 0) is 30.8 Å². The molecule has 0 atom stereocenters. The minimum Gasteiger partial charge on any atom is -0.341 e. The van der Waals surface area contributed by atoms with Crippen LogP contribution in [0.4, 0.5) is 11.4 Å². The Kier molecular flexibility index (Phi) is 7.73. The Bertz CT molecular complexity index is 1390. The van der Waals surface area contributed by atoms with Gasteiger partial charge in [0, 0.05) is 48.5 Å². The van der Waals surface area contributed by atoms with Gasteiger partial charge in [0.25, 0.3) is 0 Å². The zero-order valence-electron chi connectivity index (χ0n) is 20.2. The lowest BCUT2D eigenvalue weighted by atomic mass is 10.2. The molecule has 0 spiro atoms. The zero-order valence-corrected chi connectivity index (χ0v) is 21.0. The SMILES string of the molecule is CC(=O)Nc1cccc(NC(=O)CS(=O)(=O)c2cn(CC(=O)N3CCCCCC3)c3ccccc23)c1. The Labute approximate surface area is 210 Å². The van der Waals surface area contributed by atoms with Crippen LogP contribution in [0.25, 0.3) is 10.9 Å². The van der Waals surface area contributed by atoms with Crippen LogP contribution in [0.5, 0.6) is 0 Å². The van der Waals surface area contributed by atoms with Crippen molar-refractivity contribution in [3.63, 3.8) is 0 Å². The molecule has 1 fully saturated rings. The van der Waals surface area contributed by atoms with Crippen LogP contribution in [0.15, 0.2) is 59.6 Å². The highest BCUT2D eigenvalue weighted by molar-refractivity contribution is 7.92. The number of rotatable bonds is 7. The van der Waals surface area contributed by atoms with Crippen molar-refractivity contribution in [1.29, 1.82) is 0 Å². The number of aromatic nitrogens is 1. The van der Waals surface area contributed by atoms with E-state index in [1.807, 2.05) is 4.90 Å². The van der Waals surface area contributed by atoms with Gasteiger partial charge in [0.15, 0.2) is 9.84 Å².